The van der Waals surface area contributed by atoms with Crippen LogP contribution in [0.25, 0.3) is 22.0 Å². The zero-order valence-corrected chi connectivity index (χ0v) is 38.3. The third-order valence-corrected chi connectivity index (χ3v) is 17.2. The van der Waals surface area contributed by atoms with E-state index in [1.54, 1.807) is 31.4 Å². The van der Waals surface area contributed by atoms with Crippen molar-refractivity contribution in [3.63, 3.8) is 0 Å². The van der Waals surface area contributed by atoms with Gasteiger partial charge < -0.3 is 40.7 Å². The van der Waals surface area contributed by atoms with Gasteiger partial charge in [-0.1, -0.05) is 80.9 Å². The van der Waals surface area contributed by atoms with Gasteiger partial charge in [0.15, 0.2) is 8.32 Å². The average Bonchev–Trinajstić information content (AvgIpc) is 3.22. The highest BCUT2D eigenvalue weighted by atomic mass is 35.5. The van der Waals surface area contributed by atoms with E-state index in [-0.39, 0.29) is 40.8 Å². The van der Waals surface area contributed by atoms with Crippen LogP contribution >= 0.6 is 11.6 Å². The number of nitrogens with zero attached hydrogens (tertiary/aromatic N) is 1. The van der Waals surface area contributed by atoms with Crippen molar-refractivity contribution in [2.45, 2.75) is 109 Å². The Bertz CT molecular complexity index is 2430. The maximum Gasteiger partial charge on any atom is 0.412 e. The molecule has 0 unspecified atom stereocenters. The number of ether oxygens (including phenoxy) is 1. The highest BCUT2D eigenvalue weighted by Crippen LogP contribution is 2.42. The molecule has 1 saturated carbocycles. The van der Waals surface area contributed by atoms with E-state index in [4.69, 9.17) is 26.5 Å². The number of rotatable bonds is 16. The van der Waals surface area contributed by atoms with Gasteiger partial charge in [0, 0.05) is 60.2 Å². The molecule has 4 aromatic carbocycles. The first-order valence-corrected chi connectivity index (χ1v) is 24.6. The molecule has 0 bridgehead atoms. The number of aromatic amines is 1. The monoisotopic (exact) mass is 881 g/mol. The predicted octanol–water partition coefficient (Wildman–Crippen LogP) is 10.1. The number of benzene rings is 4. The summed E-state index contributed by atoms with van der Waals surface area (Å²) in [6, 6.07) is 25.7. The summed E-state index contributed by atoms with van der Waals surface area (Å²) >= 11 is 6.78. The zero-order valence-electron chi connectivity index (χ0n) is 36.5. The van der Waals surface area contributed by atoms with Crippen LogP contribution in [-0.4, -0.2) is 61.3 Å². The Kier molecular flexibility index (Phi) is 14.9. The second kappa shape index (κ2) is 19.9. The maximum atomic E-state index is 13.3. The molecule has 7 N–H and O–H groups in total. The molecule has 12 nitrogen and oxygen atoms in total. The van der Waals surface area contributed by atoms with E-state index < -0.39 is 20.5 Å². The van der Waals surface area contributed by atoms with Crippen LogP contribution < -0.4 is 31.6 Å². The van der Waals surface area contributed by atoms with Gasteiger partial charge in [-0.3, -0.25) is 14.5 Å². The number of nitrogens with two attached hydrogens (primary N) is 1. The van der Waals surface area contributed by atoms with Crippen LogP contribution in [0.4, 0.5) is 16.2 Å². The number of amides is 2. The quantitative estimate of drug-likeness (QED) is 0.0526. The highest BCUT2D eigenvalue weighted by molar-refractivity contribution is 6.74. The number of phenols is 1. The third-order valence-electron chi connectivity index (χ3n) is 12.4. The number of anilines is 2. The Morgan fingerprint density at radius 2 is 1.73 bits per heavy atom. The van der Waals surface area contributed by atoms with Crippen molar-refractivity contribution >= 4 is 54.2 Å². The molecule has 1 heterocycles. The van der Waals surface area contributed by atoms with Crippen LogP contribution in [0.1, 0.15) is 82.1 Å². The smallest absolute Gasteiger partial charge is 0.412 e. The van der Waals surface area contributed by atoms with Gasteiger partial charge in [-0.25, -0.2) is 4.79 Å². The number of aromatic hydroxyl groups is 1. The second-order valence-corrected chi connectivity index (χ2v) is 22.9. The molecule has 6 rings (SSSR count). The van der Waals surface area contributed by atoms with Gasteiger partial charge in [0.2, 0.25) is 11.5 Å². The molecule has 1 aliphatic carbocycles. The van der Waals surface area contributed by atoms with Crippen LogP contribution in [0, 0.1) is 0 Å². The first-order chi connectivity index (χ1) is 29.4. The maximum absolute atomic E-state index is 13.3. The summed E-state index contributed by atoms with van der Waals surface area (Å²) in [4.78, 5) is 42.5. The van der Waals surface area contributed by atoms with Crippen molar-refractivity contribution in [2.75, 3.05) is 23.9 Å². The van der Waals surface area contributed by atoms with Crippen molar-refractivity contribution in [2.24, 2.45) is 5.73 Å². The number of hydrogen-bond acceptors (Lipinski definition) is 8. The van der Waals surface area contributed by atoms with E-state index in [1.807, 2.05) is 54.6 Å². The van der Waals surface area contributed by atoms with E-state index in [0.29, 0.717) is 71.8 Å². The van der Waals surface area contributed by atoms with Crippen LogP contribution in [0.5, 0.6) is 11.5 Å². The van der Waals surface area contributed by atoms with Crippen molar-refractivity contribution in [1.29, 1.82) is 0 Å². The number of fused-ring (bicyclic) bond motifs is 1. The lowest BCUT2D eigenvalue weighted by Gasteiger charge is -2.39. The number of halogens is 1. The van der Waals surface area contributed by atoms with Crippen molar-refractivity contribution in [1.82, 2.24) is 10.3 Å². The number of carbonyl (C=O) groups excluding carboxylic acids is 1. The molecule has 0 saturated heterocycles. The molecule has 5 aromatic rings. The first kappa shape index (κ1) is 46.3. The fraction of sp³-hybridized carbons (Fsp3) is 0.396. The molecule has 2 amide bonds. The Hall–Kier alpha value is -5.18. The summed E-state index contributed by atoms with van der Waals surface area (Å²) in [6.45, 7) is 11.7. The Labute approximate surface area is 369 Å². The van der Waals surface area contributed by atoms with Gasteiger partial charge in [-0.15, -0.1) is 0 Å². The third kappa shape index (κ3) is 11.1. The summed E-state index contributed by atoms with van der Waals surface area (Å²) in [5.41, 5.74) is 11.6. The lowest BCUT2D eigenvalue weighted by Crippen LogP contribution is -2.44. The lowest BCUT2D eigenvalue weighted by atomic mass is 9.89. The number of carbonyl (C=O) groups is 2. The molecule has 0 aliphatic heterocycles. The number of nitrogens with one attached hydrogen (secondary N) is 3. The molecule has 1 fully saturated rings. The van der Waals surface area contributed by atoms with Gasteiger partial charge in [0.25, 0.3) is 0 Å². The molecule has 1 atom stereocenters. The fourth-order valence-corrected chi connectivity index (χ4v) is 9.43. The number of methoxy groups -OCH3 is 1. The van der Waals surface area contributed by atoms with Gasteiger partial charge in [0.1, 0.15) is 11.5 Å². The van der Waals surface area contributed by atoms with Gasteiger partial charge in [-0.2, -0.15) is 0 Å². The summed E-state index contributed by atoms with van der Waals surface area (Å²) in [7, 11) is -0.727. The summed E-state index contributed by atoms with van der Waals surface area (Å²) < 4.78 is 12.7. The Morgan fingerprint density at radius 3 is 2.40 bits per heavy atom. The van der Waals surface area contributed by atoms with Crippen LogP contribution in [0.2, 0.25) is 23.2 Å². The number of H-pyrrole nitrogens is 1. The fourth-order valence-electron chi connectivity index (χ4n) is 7.92. The molecule has 62 heavy (non-hydrogen) atoms. The SMILES string of the molecule is COc1cc(NC(=O)CCCc2ccc(-c3ccccc3)c(N(C(=O)O)[C@H]3CC[C@H](N)CC3)c2)c(Cl)cc1CNC[C@H](O[Si](C)(C)C(C)(C)C)c1ccc(O)c2[nH]c(=O)ccc12. The van der Waals surface area contributed by atoms with E-state index in [0.717, 1.165) is 40.7 Å². The average molecular weight is 883 g/mol. The van der Waals surface area contributed by atoms with E-state index in [1.165, 1.54) is 11.0 Å². The molecular formula is C48H60ClN5O7Si. The normalized spacial score (nSPS) is 16.2. The highest BCUT2D eigenvalue weighted by Gasteiger charge is 2.40. The number of pyridine rings is 1. The first-order valence-electron chi connectivity index (χ1n) is 21.3. The van der Waals surface area contributed by atoms with Crippen molar-refractivity contribution < 1.29 is 29.0 Å². The molecule has 1 aliphatic rings. The Balaban J connectivity index is 1.13. The predicted molar refractivity (Wildman–Crippen MR) is 251 cm³/mol. The van der Waals surface area contributed by atoms with Crippen LogP contribution in [0.15, 0.2) is 89.7 Å². The standard InChI is InChI=1S/C48H60ClN5O7Si/c1-48(2,3)62(5,6)61-43(36-21-23-41(55)46-37(36)22-24-45(57)53-46)29-51-28-32-26-38(49)39(27-42(32)60-4)52-44(56)14-10-11-30-15-20-35(31-12-8-7-9-13-31)40(25-30)54(47(58)59)34-18-16-33(50)17-19-34/h7-9,12-13,15,20-27,33-34,43,51,55H,10-11,14,16-19,28-29,50H2,1-6H3,(H,52,56)(H,53,57)(H,58,59)/t33-,34-,43-/m0/s1. The van der Waals surface area contributed by atoms with Gasteiger partial charge in [0.05, 0.1) is 35.1 Å². The van der Waals surface area contributed by atoms with Crippen molar-refractivity contribution in [3.05, 3.63) is 117 Å². The minimum atomic E-state index is -2.29. The molecule has 330 valence electrons. The topological polar surface area (TPSA) is 179 Å². The van der Waals surface area contributed by atoms with Crippen molar-refractivity contribution in [3.8, 4) is 22.6 Å². The summed E-state index contributed by atoms with van der Waals surface area (Å²) in [5.74, 6) is 0.320. The van der Waals surface area contributed by atoms with Gasteiger partial charge in [-0.05, 0) is 97.6 Å². The molecule has 14 heteroatoms. The Morgan fingerprint density at radius 1 is 1.00 bits per heavy atom. The zero-order chi connectivity index (χ0) is 44.8. The molecule has 0 radical (unpaired) electrons. The number of aryl methyl sites for hydroxylation is 1. The summed E-state index contributed by atoms with van der Waals surface area (Å²) in [5, 5.41) is 28.5. The minimum Gasteiger partial charge on any atom is -0.506 e. The van der Waals surface area contributed by atoms with E-state index >= 15 is 0 Å². The molecule has 0 spiro atoms. The number of carboxylic acid groups (broad SMARTS) is 1. The number of aromatic nitrogens is 1. The lowest BCUT2D eigenvalue weighted by molar-refractivity contribution is -0.116. The molecule has 1 aromatic heterocycles. The number of hydrogen-bond donors (Lipinski definition) is 6. The van der Waals surface area contributed by atoms with E-state index in [9.17, 15) is 24.6 Å². The van der Waals surface area contributed by atoms with Crippen LogP contribution in [0.3, 0.4) is 0 Å². The number of phenolic OH excluding ortho intramolecular Hbond substituents is 1. The van der Waals surface area contributed by atoms with Gasteiger partial charge >= 0.3 is 6.09 Å². The second-order valence-electron chi connectivity index (χ2n) is 17.8. The van der Waals surface area contributed by atoms with E-state index in [2.05, 4.69) is 49.5 Å². The summed E-state index contributed by atoms with van der Waals surface area (Å²) in [6.07, 6.45) is 2.87. The van der Waals surface area contributed by atoms with Crippen LogP contribution in [-0.2, 0) is 22.2 Å². The largest absolute Gasteiger partial charge is 0.506 e. The molecular weight excluding hydrogens is 822 g/mol. The minimum absolute atomic E-state index is 0.0138.